The Morgan fingerprint density at radius 1 is 1.23 bits per heavy atom. The number of carbonyl (C=O) groups is 3. The SMILES string of the molecule is O=C1NC(=O)[C@@H](CCC(=O)N2CCC[C@@H]2c2ccccc2)N1. The summed E-state index contributed by atoms with van der Waals surface area (Å²) >= 11 is 0. The van der Waals surface area contributed by atoms with E-state index in [0.29, 0.717) is 6.42 Å². The summed E-state index contributed by atoms with van der Waals surface area (Å²) in [7, 11) is 0. The van der Waals surface area contributed by atoms with Crippen LogP contribution in [0, 0.1) is 0 Å². The van der Waals surface area contributed by atoms with E-state index < -0.39 is 12.1 Å². The maximum atomic E-state index is 12.5. The quantitative estimate of drug-likeness (QED) is 0.824. The number of hydrogen-bond donors (Lipinski definition) is 2. The number of likely N-dealkylation sites (tertiary alicyclic amines) is 1. The molecule has 2 N–H and O–H groups in total. The molecule has 0 bridgehead atoms. The van der Waals surface area contributed by atoms with Crippen molar-refractivity contribution >= 4 is 17.8 Å². The summed E-state index contributed by atoms with van der Waals surface area (Å²) in [5.74, 6) is -0.306. The molecule has 2 aliphatic rings. The van der Waals surface area contributed by atoms with Gasteiger partial charge < -0.3 is 10.2 Å². The number of imide groups is 1. The van der Waals surface area contributed by atoms with E-state index in [0.717, 1.165) is 24.9 Å². The van der Waals surface area contributed by atoms with E-state index in [2.05, 4.69) is 10.6 Å². The van der Waals surface area contributed by atoms with Crippen molar-refractivity contribution in [2.45, 2.75) is 37.8 Å². The summed E-state index contributed by atoms with van der Waals surface area (Å²) in [5, 5.41) is 4.70. The number of carbonyl (C=O) groups excluding carboxylic acids is 3. The van der Waals surface area contributed by atoms with Gasteiger partial charge in [-0.2, -0.15) is 0 Å². The lowest BCUT2D eigenvalue weighted by atomic mass is 10.0. The highest BCUT2D eigenvalue weighted by atomic mass is 16.2. The molecular weight excluding hydrogens is 282 g/mol. The first-order valence-electron chi connectivity index (χ1n) is 7.61. The van der Waals surface area contributed by atoms with Gasteiger partial charge in [0, 0.05) is 13.0 Å². The fourth-order valence-corrected chi connectivity index (χ4v) is 3.16. The van der Waals surface area contributed by atoms with Crippen molar-refractivity contribution in [2.75, 3.05) is 6.54 Å². The van der Waals surface area contributed by atoms with Gasteiger partial charge in [-0.15, -0.1) is 0 Å². The molecule has 2 atom stereocenters. The minimum Gasteiger partial charge on any atom is -0.336 e. The van der Waals surface area contributed by atoms with Crippen molar-refractivity contribution in [3.05, 3.63) is 35.9 Å². The molecule has 2 aliphatic heterocycles. The molecule has 3 rings (SSSR count). The van der Waals surface area contributed by atoms with Gasteiger partial charge in [0.2, 0.25) is 5.91 Å². The molecule has 4 amide bonds. The Labute approximate surface area is 128 Å². The Balaban J connectivity index is 1.60. The molecule has 6 nitrogen and oxygen atoms in total. The molecule has 2 fully saturated rings. The fourth-order valence-electron chi connectivity index (χ4n) is 3.16. The van der Waals surface area contributed by atoms with Gasteiger partial charge in [-0.3, -0.25) is 14.9 Å². The molecule has 0 spiro atoms. The number of amides is 4. The molecule has 2 heterocycles. The van der Waals surface area contributed by atoms with Gasteiger partial charge >= 0.3 is 6.03 Å². The molecule has 2 saturated heterocycles. The van der Waals surface area contributed by atoms with E-state index in [1.165, 1.54) is 0 Å². The Morgan fingerprint density at radius 2 is 2.00 bits per heavy atom. The molecule has 0 unspecified atom stereocenters. The Bertz CT molecular complexity index is 588. The second-order valence-electron chi connectivity index (χ2n) is 5.71. The molecule has 0 radical (unpaired) electrons. The van der Waals surface area contributed by atoms with Gasteiger partial charge in [0.05, 0.1) is 6.04 Å². The van der Waals surface area contributed by atoms with Crippen LogP contribution in [0.3, 0.4) is 0 Å². The summed E-state index contributed by atoms with van der Waals surface area (Å²) in [6.07, 6.45) is 2.57. The van der Waals surface area contributed by atoms with E-state index in [9.17, 15) is 14.4 Å². The van der Waals surface area contributed by atoms with Crippen molar-refractivity contribution in [3.8, 4) is 0 Å². The summed E-state index contributed by atoms with van der Waals surface area (Å²) in [6.45, 7) is 0.752. The lowest BCUT2D eigenvalue weighted by Gasteiger charge is -2.25. The lowest BCUT2D eigenvalue weighted by Crippen LogP contribution is -2.34. The van der Waals surface area contributed by atoms with Crippen LogP contribution in [0.25, 0.3) is 0 Å². The highest BCUT2D eigenvalue weighted by Crippen LogP contribution is 2.32. The topological polar surface area (TPSA) is 78.5 Å². The molecular formula is C16H19N3O3. The Morgan fingerprint density at radius 3 is 2.68 bits per heavy atom. The minimum atomic E-state index is -0.589. The lowest BCUT2D eigenvalue weighted by molar-refractivity contribution is -0.132. The van der Waals surface area contributed by atoms with E-state index in [4.69, 9.17) is 0 Å². The van der Waals surface area contributed by atoms with Gasteiger partial charge in [0.15, 0.2) is 0 Å². The molecule has 116 valence electrons. The van der Waals surface area contributed by atoms with E-state index in [-0.39, 0.29) is 24.3 Å². The molecule has 1 aromatic carbocycles. The smallest absolute Gasteiger partial charge is 0.322 e. The summed E-state index contributed by atoms with van der Waals surface area (Å²) in [6, 6.07) is 9.07. The van der Waals surface area contributed by atoms with Crippen LogP contribution in [-0.2, 0) is 9.59 Å². The second-order valence-corrected chi connectivity index (χ2v) is 5.71. The Hall–Kier alpha value is -2.37. The van der Waals surface area contributed by atoms with Crippen molar-refractivity contribution in [1.82, 2.24) is 15.5 Å². The number of benzene rings is 1. The van der Waals surface area contributed by atoms with Crippen LogP contribution in [-0.4, -0.2) is 35.3 Å². The number of hydrogen-bond acceptors (Lipinski definition) is 3. The molecule has 0 aliphatic carbocycles. The molecule has 0 saturated carbocycles. The van der Waals surface area contributed by atoms with Gasteiger partial charge in [-0.1, -0.05) is 30.3 Å². The predicted molar refractivity (Wildman–Crippen MR) is 79.8 cm³/mol. The normalized spacial score (nSPS) is 24.3. The zero-order valence-electron chi connectivity index (χ0n) is 12.2. The highest BCUT2D eigenvalue weighted by molar-refractivity contribution is 6.04. The van der Waals surface area contributed by atoms with Crippen LogP contribution in [0.2, 0.25) is 0 Å². The van der Waals surface area contributed by atoms with Gasteiger partial charge in [-0.25, -0.2) is 4.79 Å². The van der Waals surface area contributed by atoms with E-state index in [1.54, 1.807) is 0 Å². The van der Waals surface area contributed by atoms with E-state index in [1.807, 2.05) is 35.2 Å². The molecule has 0 aromatic heterocycles. The van der Waals surface area contributed by atoms with Crippen molar-refractivity contribution in [1.29, 1.82) is 0 Å². The van der Waals surface area contributed by atoms with Crippen LogP contribution in [0.4, 0.5) is 4.79 Å². The van der Waals surface area contributed by atoms with Gasteiger partial charge in [0.1, 0.15) is 6.04 Å². The third-order valence-electron chi connectivity index (χ3n) is 4.26. The summed E-state index contributed by atoms with van der Waals surface area (Å²) in [5.41, 5.74) is 1.15. The monoisotopic (exact) mass is 301 g/mol. The third-order valence-corrected chi connectivity index (χ3v) is 4.26. The average molecular weight is 301 g/mol. The highest BCUT2D eigenvalue weighted by Gasteiger charge is 2.33. The largest absolute Gasteiger partial charge is 0.336 e. The van der Waals surface area contributed by atoms with E-state index >= 15 is 0 Å². The maximum Gasteiger partial charge on any atom is 0.322 e. The first kappa shape index (κ1) is 14.6. The third kappa shape index (κ3) is 2.95. The number of nitrogens with one attached hydrogen (secondary N) is 2. The molecule has 6 heteroatoms. The van der Waals surface area contributed by atoms with Crippen LogP contribution in [0.1, 0.15) is 37.3 Å². The Kier molecular flexibility index (Phi) is 4.09. The van der Waals surface area contributed by atoms with Crippen LogP contribution < -0.4 is 10.6 Å². The van der Waals surface area contributed by atoms with Crippen LogP contribution >= 0.6 is 0 Å². The maximum absolute atomic E-state index is 12.5. The number of nitrogens with zero attached hydrogens (tertiary/aromatic N) is 1. The first-order valence-corrected chi connectivity index (χ1v) is 7.61. The zero-order chi connectivity index (χ0) is 15.5. The average Bonchev–Trinajstić information content (AvgIpc) is 3.12. The number of rotatable bonds is 4. The minimum absolute atomic E-state index is 0.0419. The van der Waals surface area contributed by atoms with Crippen molar-refractivity contribution in [3.63, 3.8) is 0 Å². The summed E-state index contributed by atoms with van der Waals surface area (Å²) < 4.78 is 0. The molecule has 1 aromatic rings. The molecule has 22 heavy (non-hydrogen) atoms. The van der Waals surface area contributed by atoms with Crippen molar-refractivity contribution in [2.24, 2.45) is 0 Å². The second kappa shape index (κ2) is 6.17. The van der Waals surface area contributed by atoms with Crippen molar-refractivity contribution < 1.29 is 14.4 Å². The van der Waals surface area contributed by atoms with Crippen LogP contribution in [0.15, 0.2) is 30.3 Å². The predicted octanol–water partition coefficient (Wildman–Crippen LogP) is 1.34. The summed E-state index contributed by atoms with van der Waals surface area (Å²) in [4.78, 5) is 36.9. The standard InChI is InChI=1S/C16H19N3O3/c20-14(9-8-12-15(21)18-16(22)17-12)19-10-4-7-13(19)11-5-2-1-3-6-11/h1-3,5-6,12-13H,4,7-10H2,(H2,17,18,21,22)/t12-,13-/m1/s1. The van der Waals surface area contributed by atoms with Gasteiger partial charge in [-0.05, 0) is 24.8 Å². The van der Waals surface area contributed by atoms with Crippen LogP contribution in [0.5, 0.6) is 0 Å². The fraction of sp³-hybridized carbons (Fsp3) is 0.438. The van der Waals surface area contributed by atoms with Gasteiger partial charge in [0.25, 0.3) is 5.91 Å². The first-order chi connectivity index (χ1) is 10.6. The number of urea groups is 1. The zero-order valence-corrected chi connectivity index (χ0v) is 12.2.